The molecule has 1 aromatic rings. The van der Waals surface area contributed by atoms with Gasteiger partial charge in [-0.3, -0.25) is 10.2 Å². The second-order valence-corrected chi connectivity index (χ2v) is 4.66. The third kappa shape index (κ3) is 2.95. The normalized spacial score (nSPS) is 10.7. The zero-order valence-corrected chi connectivity index (χ0v) is 10.3. The molecule has 0 aliphatic rings. The van der Waals surface area contributed by atoms with Gasteiger partial charge in [0.2, 0.25) is 11.1 Å². The summed E-state index contributed by atoms with van der Waals surface area (Å²) in [5.74, 6) is 1.51. The Balaban J connectivity index is 2.82. The monoisotopic (exact) mass is 228 g/mol. The number of hydrogen-bond donors (Lipinski definition) is 1. The maximum atomic E-state index is 11.5. The smallest absolute Gasteiger partial charge is 0.241 e. The fourth-order valence-electron chi connectivity index (χ4n) is 0.934. The fourth-order valence-corrected chi connectivity index (χ4v) is 1.60. The van der Waals surface area contributed by atoms with Crippen molar-refractivity contribution in [3.63, 3.8) is 0 Å². The molecule has 0 aliphatic carbocycles. The van der Waals surface area contributed by atoms with Gasteiger partial charge in [-0.1, -0.05) is 32.5 Å². The zero-order chi connectivity index (χ0) is 11.4. The summed E-state index contributed by atoms with van der Waals surface area (Å²) >= 11 is 1.55. The van der Waals surface area contributed by atoms with Gasteiger partial charge in [0, 0.05) is 5.92 Å². The zero-order valence-electron chi connectivity index (χ0n) is 9.44. The molecule has 0 bridgehead atoms. The average Bonchev–Trinajstić information content (AvgIpc) is 2.50. The lowest BCUT2D eigenvalue weighted by Gasteiger charge is -2.11. The van der Waals surface area contributed by atoms with Gasteiger partial charge in [-0.05, 0) is 12.7 Å². The van der Waals surface area contributed by atoms with Crippen LogP contribution in [0.1, 0.15) is 26.6 Å². The molecule has 1 rings (SSSR count). The number of aromatic nitrogens is 3. The van der Waals surface area contributed by atoms with E-state index in [1.54, 1.807) is 16.4 Å². The number of rotatable bonds is 4. The van der Waals surface area contributed by atoms with Crippen molar-refractivity contribution in [3.05, 3.63) is 5.82 Å². The van der Waals surface area contributed by atoms with Crippen LogP contribution in [0.15, 0.2) is 5.16 Å². The lowest BCUT2D eigenvalue weighted by atomic mass is 10.2. The predicted molar refractivity (Wildman–Crippen MR) is 60.4 cm³/mol. The second-order valence-electron chi connectivity index (χ2n) is 3.43. The summed E-state index contributed by atoms with van der Waals surface area (Å²) in [6, 6.07) is 0. The molecule has 0 saturated carbocycles. The first-order chi connectivity index (χ1) is 7.06. The van der Waals surface area contributed by atoms with Crippen molar-refractivity contribution < 1.29 is 4.79 Å². The molecule has 0 radical (unpaired) electrons. The Morgan fingerprint density at radius 1 is 1.53 bits per heavy atom. The third-order valence-corrected chi connectivity index (χ3v) is 2.63. The lowest BCUT2D eigenvalue weighted by molar-refractivity contribution is -0.119. The van der Waals surface area contributed by atoms with Crippen LogP contribution in [0.2, 0.25) is 0 Å². The number of carbonyl (C=O) groups is 1. The molecular formula is C9H16N4OS. The van der Waals surface area contributed by atoms with Crippen molar-refractivity contribution in [3.8, 4) is 0 Å². The van der Waals surface area contributed by atoms with Gasteiger partial charge in [0.1, 0.15) is 5.82 Å². The maximum Gasteiger partial charge on any atom is 0.241 e. The molecule has 5 nitrogen and oxygen atoms in total. The first-order valence-corrected chi connectivity index (χ1v) is 5.90. The van der Waals surface area contributed by atoms with E-state index in [2.05, 4.69) is 15.6 Å². The highest BCUT2D eigenvalue weighted by atomic mass is 32.2. The predicted octanol–water partition coefficient (Wildman–Crippen LogP) is 1.42. The highest BCUT2D eigenvalue weighted by Crippen LogP contribution is 2.14. The third-order valence-electron chi connectivity index (χ3n) is 1.81. The highest BCUT2D eigenvalue weighted by Gasteiger charge is 2.13. The molecule has 0 spiro atoms. The Morgan fingerprint density at radius 3 is 2.73 bits per heavy atom. The van der Waals surface area contributed by atoms with Gasteiger partial charge in [-0.2, -0.15) is 0 Å². The molecule has 84 valence electrons. The molecule has 1 heterocycles. The van der Waals surface area contributed by atoms with Gasteiger partial charge in [0.25, 0.3) is 0 Å². The summed E-state index contributed by atoms with van der Waals surface area (Å²) in [7, 11) is 0. The average molecular weight is 228 g/mol. The molecular weight excluding hydrogens is 212 g/mol. The molecule has 6 heteroatoms. The molecule has 1 aromatic heterocycles. The Bertz CT molecular complexity index is 348. The van der Waals surface area contributed by atoms with E-state index in [0.717, 1.165) is 10.9 Å². The van der Waals surface area contributed by atoms with E-state index in [1.165, 1.54) is 0 Å². The topological polar surface area (TPSA) is 59.8 Å². The fraction of sp³-hybridized carbons (Fsp3) is 0.667. The number of aryl methyl sites for hydroxylation is 1. The van der Waals surface area contributed by atoms with Gasteiger partial charge in [-0.15, -0.1) is 10.2 Å². The Hall–Kier alpha value is -1.04. The SMILES string of the molecule is CCSc1nnc(C)n1NC(=O)C(C)C. The number of amides is 1. The largest absolute Gasteiger partial charge is 0.273 e. The molecule has 1 N–H and O–H groups in total. The number of thioether (sulfide) groups is 1. The molecule has 0 aliphatic heterocycles. The number of nitrogens with zero attached hydrogens (tertiary/aromatic N) is 3. The van der Waals surface area contributed by atoms with Crippen LogP contribution in [0.5, 0.6) is 0 Å². The molecule has 0 atom stereocenters. The van der Waals surface area contributed by atoms with Gasteiger partial charge in [0.05, 0.1) is 0 Å². The first-order valence-electron chi connectivity index (χ1n) is 4.92. The van der Waals surface area contributed by atoms with Crippen LogP contribution in [0.4, 0.5) is 0 Å². The summed E-state index contributed by atoms with van der Waals surface area (Å²) in [5.41, 5.74) is 2.77. The van der Waals surface area contributed by atoms with Gasteiger partial charge in [-0.25, -0.2) is 4.68 Å². The number of nitrogens with one attached hydrogen (secondary N) is 1. The molecule has 1 amide bonds. The Kier molecular flexibility index (Phi) is 4.14. The van der Waals surface area contributed by atoms with Crippen LogP contribution in [0, 0.1) is 12.8 Å². The van der Waals surface area contributed by atoms with E-state index >= 15 is 0 Å². The van der Waals surface area contributed by atoms with E-state index in [1.807, 2.05) is 27.7 Å². The summed E-state index contributed by atoms with van der Waals surface area (Å²) in [5, 5.41) is 8.63. The summed E-state index contributed by atoms with van der Waals surface area (Å²) < 4.78 is 1.64. The van der Waals surface area contributed by atoms with Gasteiger partial charge < -0.3 is 0 Å². The lowest BCUT2D eigenvalue weighted by Crippen LogP contribution is -2.28. The number of hydrogen-bond acceptors (Lipinski definition) is 4. The van der Waals surface area contributed by atoms with Crippen LogP contribution < -0.4 is 5.43 Å². The Labute approximate surface area is 93.6 Å². The molecule has 0 fully saturated rings. The van der Waals surface area contributed by atoms with Crippen LogP contribution >= 0.6 is 11.8 Å². The van der Waals surface area contributed by atoms with E-state index in [9.17, 15) is 4.79 Å². The summed E-state index contributed by atoms with van der Waals surface area (Å²) in [6.45, 7) is 7.54. The van der Waals surface area contributed by atoms with Crippen molar-refractivity contribution in [1.82, 2.24) is 14.9 Å². The minimum atomic E-state index is -0.0497. The van der Waals surface area contributed by atoms with Crippen LogP contribution in [-0.4, -0.2) is 26.5 Å². The standard InChI is InChI=1S/C9H16N4OS/c1-5-15-9-11-10-7(4)13(9)12-8(14)6(2)3/h6H,5H2,1-4H3,(H,12,14). The molecule has 0 aromatic carbocycles. The number of carbonyl (C=O) groups excluding carboxylic acids is 1. The van der Waals surface area contributed by atoms with E-state index in [-0.39, 0.29) is 11.8 Å². The second kappa shape index (κ2) is 5.16. The first kappa shape index (κ1) is 12.0. The molecule has 0 unspecified atom stereocenters. The molecule has 15 heavy (non-hydrogen) atoms. The Morgan fingerprint density at radius 2 is 2.20 bits per heavy atom. The highest BCUT2D eigenvalue weighted by molar-refractivity contribution is 7.99. The summed E-state index contributed by atoms with van der Waals surface area (Å²) in [6.07, 6.45) is 0. The maximum absolute atomic E-state index is 11.5. The van der Waals surface area contributed by atoms with E-state index < -0.39 is 0 Å². The van der Waals surface area contributed by atoms with Crippen molar-refractivity contribution in [2.24, 2.45) is 5.92 Å². The van der Waals surface area contributed by atoms with Crippen molar-refractivity contribution in [2.75, 3.05) is 11.2 Å². The molecule has 0 saturated heterocycles. The van der Waals surface area contributed by atoms with Crippen molar-refractivity contribution in [2.45, 2.75) is 32.9 Å². The van der Waals surface area contributed by atoms with Crippen LogP contribution in [0.3, 0.4) is 0 Å². The minimum absolute atomic E-state index is 0.0316. The van der Waals surface area contributed by atoms with Crippen LogP contribution in [-0.2, 0) is 4.79 Å². The quantitative estimate of drug-likeness (QED) is 0.792. The van der Waals surface area contributed by atoms with Crippen molar-refractivity contribution >= 4 is 17.7 Å². The van der Waals surface area contributed by atoms with E-state index in [0.29, 0.717) is 5.82 Å². The summed E-state index contributed by atoms with van der Waals surface area (Å²) in [4.78, 5) is 11.5. The van der Waals surface area contributed by atoms with E-state index in [4.69, 9.17) is 0 Å². The van der Waals surface area contributed by atoms with Crippen LogP contribution in [0.25, 0.3) is 0 Å². The van der Waals surface area contributed by atoms with Gasteiger partial charge >= 0.3 is 0 Å². The van der Waals surface area contributed by atoms with Crippen molar-refractivity contribution in [1.29, 1.82) is 0 Å². The minimum Gasteiger partial charge on any atom is -0.273 e. The van der Waals surface area contributed by atoms with Gasteiger partial charge in [0.15, 0.2) is 0 Å².